The van der Waals surface area contributed by atoms with E-state index in [-0.39, 0.29) is 11.7 Å². The number of carbonyl (C=O) groups excluding carboxylic acids is 1. The average molecular weight is 288 g/mol. The molecule has 0 bridgehead atoms. The molecule has 1 aromatic heterocycles. The van der Waals surface area contributed by atoms with Crippen molar-refractivity contribution in [3.8, 4) is 0 Å². The van der Waals surface area contributed by atoms with Crippen LogP contribution in [-0.4, -0.2) is 12.0 Å². The number of rotatable bonds is 3. The lowest BCUT2D eigenvalue weighted by atomic mass is 9.82. The molecule has 1 unspecified atom stereocenters. The van der Waals surface area contributed by atoms with Crippen LogP contribution < -0.4 is 0 Å². The standard InChI is InChI=1S/C16H16OS2/c1-18-12-7-5-11(6-8-12)16(17)14-3-2-4-15-13(14)9-10-19-15/h5-10,14H,2-4H2,1H3. The quantitative estimate of drug-likeness (QED) is 0.597. The van der Waals surface area contributed by atoms with Gasteiger partial charge in [0.2, 0.25) is 0 Å². The number of thiophene rings is 1. The normalized spacial score (nSPS) is 18.1. The van der Waals surface area contributed by atoms with Crippen LogP contribution in [0.3, 0.4) is 0 Å². The van der Waals surface area contributed by atoms with Gasteiger partial charge in [-0.1, -0.05) is 12.1 Å². The van der Waals surface area contributed by atoms with Crippen molar-refractivity contribution in [2.24, 2.45) is 0 Å². The number of ketones is 1. The minimum absolute atomic E-state index is 0.0788. The highest BCUT2D eigenvalue weighted by atomic mass is 32.2. The number of benzene rings is 1. The van der Waals surface area contributed by atoms with Crippen LogP contribution in [-0.2, 0) is 6.42 Å². The van der Waals surface area contributed by atoms with Crippen LogP contribution in [0.25, 0.3) is 0 Å². The molecular weight excluding hydrogens is 272 g/mol. The first kappa shape index (κ1) is 12.9. The van der Waals surface area contributed by atoms with Crippen molar-refractivity contribution in [1.82, 2.24) is 0 Å². The zero-order chi connectivity index (χ0) is 13.2. The maximum atomic E-state index is 12.7. The van der Waals surface area contributed by atoms with Gasteiger partial charge in [-0.15, -0.1) is 23.1 Å². The minimum Gasteiger partial charge on any atom is -0.293 e. The molecule has 98 valence electrons. The van der Waals surface area contributed by atoms with Crippen LogP contribution in [0.5, 0.6) is 0 Å². The molecule has 0 saturated heterocycles. The Morgan fingerprint density at radius 1 is 1.26 bits per heavy atom. The second kappa shape index (κ2) is 5.51. The third-order valence-electron chi connectivity index (χ3n) is 3.74. The molecule has 2 aromatic rings. The monoisotopic (exact) mass is 288 g/mol. The van der Waals surface area contributed by atoms with Crippen molar-refractivity contribution in [2.45, 2.75) is 30.1 Å². The zero-order valence-electron chi connectivity index (χ0n) is 10.9. The van der Waals surface area contributed by atoms with E-state index in [9.17, 15) is 4.79 Å². The molecule has 0 N–H and O–H groups in total. The van der Waals surface area contributed by atoms with Crippen LogP contribution in [0.2, 0.25) is 0 Å². The van der Waals surface area contributed by atoms with E-state index in [2.05, 4.69) is 17.7 Å². The van der Waals surface area contributed by atoms with E-state index < -0.39 is 0 Å². The van der Waals surface area contributed by atoms with Crippen molar-refractivity contribution in [3.63, 3.8) is 0 Å². The van der Waals surface area contributed by atoms with E-state index >= 15 is 0 Å². The fourth-order valence-corrected chi connectivity index (χ4v) is 4.11. The fourth-order valence-electron chi connectivity index (χ4n) is 2.72. The predicted molar refractivity (Wildman–Crippen MR) is 82.6 cm³/mol. The SMILES string of the molecule is CSc1ccc(C(=O)C2CCCc3sccc32)cc1. The Morgan fingerprint density at radius 2 is 2.05 bits per heavy atom. The molecule has 1 nitrogen and oxygen atoms in total. The lowest BCUT2D eigenvalue weighted by Crippen LogP contribution is -2.17. The summed E-state index contributed by atoms with van der Waals surface area (Å²) in [6.07, 6.45) is 5.32. The Labute approximate surface area is 122 Å². The lowest BCUT2D eigenvalue weighted by Gasteiger charge is -2.21. The summed E-state index contributed by atoms with van der Waals surface area (Å²) in [5.41, 5.74) is 2.12. The number of hydrogen-bond donors (Lipinski definition) is 0. The lowest BCUT2D eigenvalue weighted by molar-refractivity contribution is 0.0951. The molecule has 0 spiro atoms. The van der Waals surface area contributed by atoms with Gasteiger partial charge in [0.15, 0.2) is 5.78 Å². The molecule has 0 aliphatic heterocycles. The highest BCUT2D eigenvalue weighted by Crippen LogP contribution is 2.37. The summed E-state index contributed by atoms with van der Waals surface area (Å²) in [5.74, 6) is 0.363. The van der Waals surface area contributed by atoms with Crippen molar-refractivity contribution < 1.29 is 4.79 Å². The summed E-state index contributed by atoms with van der Waals surface area (Å²) < 4.78 is 0. The molecule has 19 heavy (non-hydrogen) atoms. The maximum absolute atomic E-state index is 12.7. The topological polar surface area (TPSA) is 17.1 Å². The summed E-state index contributed by atoms with van der Waals surface area (Å²) in [5, 5.41) is 2.12. The van der Waals surface area contributed by atoms with Gasteiger partial charge in [0.05, 0.1) is 0 Å². The average Bonchev–Trinajstić information content (AvgIpc) is 2.95. The molecular formula is C16H16OS2. The van der Waals surface area contributed by atoms with Gasteiger partial charge in [-0.2, -0.15) is 0 Å². The summed E-state index contributed by atoms with van der Waals surface area (Å²) in [6.45, 7) is 0. The Kier molecular flexibility index (Phi) is 3.76. The molecule has 0 radical (unpaired) electrons. The van der Waals surface area contributed by atoms with E-state index in [1.807, 2.05) is 24.3 Å². The predicted octanol–water partition coefficient (Wildman–Crippen LogP) is 4.77. The second-order valence-electron chi connectivity index (χ2n) is 4.84. The molecule has 1 aliphatic rings. The third kappa shape index (κ3) is 2.49. The summed E-state index contributed by atoms with van der Waals surface area (Å²) in [4.78, 5) is 15.3. The molecule has 1 aromatic carbocycles. The van der Waals surface area contributed by atoms with Gasteiger partial charge in [0, 0.05) is 21.3 Å². The number of aryl methyl sites for hydroxylation is 1. The van der Waals surface area contributed by atoms with Crippen LogP contribution in [0.15, 0.2) is 40.6 Å². The number of hydrogen-bond acceptors (Lipinski definition) is 3. The molecule has 1 aliphatic carbocycles. The van der Waals surface area contributed by atoms with E-state index in [0.29, 0.717) is 0 Å². The Balaban J connectivity index is 1.88. The smallest absolute Gasteiger partial charge is 0.170 e. The number of Topliss-reactive ketones (excluding diaryl/α,β-unsaturated/α-hetero) is 1. The van der Waals surface area contributed by atoms with Gasteiger partial charge < -0.3 is 0 Å². The Morgan fingerprint density at radius 3 is 2.79 bits per heavy atom. The van der Waals surface area contributed by atoms with Gasteiger partial charge in [-0.3, -0.25) is 4.79 Å². The summed E-state index contributed by atoms with van der Waals surface area (Å²) in [6, 6.07) is 10.1. The van der Waals surface area contributed by atoms with Gasteiger partial charge in [0.25, 0.3) is 0 Å². The number of carbonyl (C=O) groups is 1. The summed E-state index contributed by atoms with van der Waals surface area (Å²) in [7, 11) is 0. The highest BCUT2D eigenvalue weighted by molar-refractivity contribution is 7.98. The fraction of sp³-hybridized carbons (Fsp3) is 0.312. The van der Waals surface area contributed by atoms with Crippen LogP contribution in [0.1, 0.15) is 39.6 Å². The number of fused-ring (bicyclic) bond motifs is 1. The zero-order valence-corrected chi connectivity index (χ0v) is 12.5. The Bertz CT molecular complexity index is 583. The van der Waals surface area contributed by atoms with Crippen molar-refractivity contribution in [2.75, 3.05) is 6.26 Å². The molecule has 3 heteroatoms. The highest BCUT2D eigenvalue weighted by Gasteiger charge is 2.27. The molecule has 1 heterocycles. The van der Waals surface area contributed by atoms with Crippen molar-refractivity contribution >= 4 is 28.9 Å². The van der Waals surface area contributed by atoms with E-state index in [1.165, 1.54) is 15.3 Å². The van der Waals surface area contributed by atoms with E-state index in [4.69, 9.17) is 0 Å². The molecule has 0 saturated carbocycles. The van der Waals surface area contributed by atoms with Gasteiger partial charge in [-0.05, 0) is 54.7 Å². The molecule has 3 rings (SSSR count). The molecule has 0 amide bonds. The van der Waals surface area contributed by atoms with Crippen molar-refractivity contribution in [3.05, 3.63) is 51.7 Å². The van der Waals surface area contributed by atoms with E-state index in [0.717, 1.165) is 24.8 Å². The van der Waals surface area contributed by atoms with Gasteiger partial charge >= 0.3 is 0 Å². The largest absolute Gasteiger partial charge is 0.293 e. The number of thioether (sulfide) groups is 1. The van der Waals surface area contributed by atoms with Crippen molar-refractivity contribution in [1.29, 1.82) is 0 Å². The van der Waals surface area contributed by atoms with Gasteiger partial charge in [-0.25, -0.2) is 0 Å². The van der Waals surface area contributed by atoms with E-state index in [1.54, 1.807) is 23.1 Å². The molecule has 0 fully saturated rings. The van der Waals surface area contributed by atoms with Gasteiger partial charge in [0.1, 0.15) is 0 Å². The second-order valence-corrected chi connectivity index (χ2v) is 6.72. The minimum atomic E-state index is 0.0788. The third-order valence-corrected chi connectivity index (χ3v) is 5.48. The van der Waals surface area contributed by atoms with Crippen LogP contribution in [0, 0.1) is 0 Å². The Hall–Kier alpha value is -1.06. The van der Waals surface area contributed by atoms with Crippen LogP contribution in [0.4, 0.5) is 0 Å². The molecule has 1 atom stereocenters. The first-order chi connectivity index (χ1) is 9.29. The maximum Gasteiger partial charge on any atom is 0.170 e. The first-order valence-electron chi connectivity index (χ1n) is 6.54. The first-order valence-corrected chi connectivity index (χ1v) is 8.64. The summed E-state index contributed by atoms with van der Waals surface area (Å²) >= 11 is 3.50. The van der Waals surface area contributed by atoms with Crippen LogP contribution >= 0.6 is 23.1 Å².